The number of aliphatic hydroxyl groups is 1. The van der Waals surface area contributed by atoms with Gasteiger partial charge in [0.05, 0.1) is 5.60 Å². The van der Waals surface area contributed by atoms with Crippen molar-refractivity contribution in [3.05, 3.63) is 35.4 Å². The first-order valence-corrected chi connectivity index (χ1v) is 5.96. The van der Waals surface area contributed by atoms with Crippen molar-refractivity contribution in [3.63, 3.8) is 0 Å². The highest BCUT2D eigenvalue weighted by Crippen LogP contribution is 2.28. The monoisotopic (exact) mass is 255 g/mol. The Morgan fingerprint density at radius 1 is 1.28 bits per heavy atom. The molecule has 18 heavy (non-hydrogen) atoms. The van der Waals surface area contributed by atoms with E-state index in [1.54, 1.807) is 0 Å². The van der Waals surface area contributed by atoms with Gasteiger partial charge in [0.1, 0.15) is 17.2 Å². The van der Waals surface area contributed by atoms with Gasteiger partial charge < -0.3 is 10.4 Å². The number of carbonyl (C=O) groups excluding carboxylic acids is 1. The van der Waals surface area contributed by atoms with Gasteiger partial charge in [-0.15, -0.1) is 0 Å². The van der Waals surface area contributed by atoms with Gasteiger partial charge in [-0.2, -0.15) is 0 Å². The van der Waals surface area contributed by atoms with E-state index in [-0.39, 0.29) is 6.54 Å². The molecule has 2 N–H and O–H groups in total. The van der Waals surface area contributed by atoms with Crippen molar-refractivity contribution < 1.29 is 18.7 Å². The standard InChI is InChI=1S/C13H15F2NO2/c14-9-4-3-5-10(15)11(9)12(17)16-8-13(18)6-1-2-7-13/h3-5,18H,1-2,6-8H2,(H,16,17). The van der Waals surface area contributed by atoms with Crippen LogP contribution in [0.1, 0.15) is 36.0 Å². The first-order chi connectivity index (χ1) is 8.52. The van der Waals surface area contributed by atoms with Crippen molar-refractivity contribution in [3.8, 4) is 0 Å². The molecular weight excluding hydrogens is 240 g/mol. The molecule has 0 aromatic heterocycles. The summed E-state index contributed by atoms with van der Waals surface area (Å²) in [5.41, 5.74) is -1.53. The van der Waals surface area contributed by atoms with Gasteiger partial charge in [0, 0.05) is 6.54 Å². The molecule has 1 aliphatic carbocycles. The fraction of sp³-hybridized carbons (Fsp3) is 0.462. The van der Waals surface area contributed by atoms with Crippen LogP contribution in [0.2, 0.25) is 0 Å². The lowest BCUT2D eigenvalue weighted by Crippen LogP contribution is -2.41. The van der Waals surface area contributed by atoms with Gasteiger partial charge in [-0.25, -0.2) is 8.78 Å². The fourth-order valence-corrected chi connectivity index (χ4v) is 2.26. The summed E-state index contributed by atoms with van der Waals surface area (Å²) in [6.07, 6.45) is 3.01. The number of rotatable bonds is 3. The molecule has 0 radical (unpaired) electrons. The minimum atomic E-state index is -0.933. The van der Waals surface area contributed by atoms with Gasteiger partial charge in [0.15, 0.2) is 0 Å². The van der Waals surface area contributed by atoms with E-state index in [1.165, 1.54) is 6.07 Å². The average molecular weight is 255 g/mol. The summed E-state index contributed by atoms with van der Waals surface area (Å²) in [7, 11) is 0. The summed E-state index contributed by atoms with van der Waals surface area (Å²) in [5.74, 6) is -2.62. The second-order valence-corrected chi connectivity index (χ2v) is 4.71. The van der Waals surface area contributed by atoms with Crippen LogP contribution in [0.15, 0.2) is 18.2 Å². The molecule has 5 heteroatoms. The third-order valence-electron chi connectivity index (χ3n) is 3.30. The SMILES string of the molecule is O=C(NCC1(O)CCCC1)c1c(F)cccc1F. The fourth-order valence-electron chi connectivity index (χ4n) is 2.26. The summed E-state index contributed by atoms with van der Waals surface area (Å²) in [6, 6.07) is 3.26. The van der Waals surface area contributed by atoms with E-state index >= 15 is 0 Å². The van der Waals surface area contributed by atoms with E-state index < -0.39 is 28.7 Å². The van der Waals surface area contributed by atoms with Gasteiger partial charge in [0.25, 0.3) is 5.91 Å². The van der Waals surface area contributed by atoms with Crippen LogP contribution in [0.5, 0.6) is 0 Å². The Balaban J connectivity index is 2.04. The van der Waals surface area contributed by atoms with E-state index in [9.17, 15) is 18.7 Å². The summed E-state index contributed by atoms with van der Waals surface area (Å²) < 4.78 is 26.7. The van der Waals surface area contributed by atoms with Gasteiger partial charge in [-0.1, -0.05) is 18.9 Å². The highest BCUT2D eigenvalue weighted by Gasteiger charge is 2.31. The van der Waals surface area contributed by atoms with Crippen LogP contribution in [0.4, 0.5) is 8.78 Å². The van der Waals surface area contributed by atoms with Crippen molar-refractivity contribution in [2.24, 2.45) is 0 Å². The topological polar surface area (TPSA) is 49.3 Å². The molecule has 0 aliphatic heterocycles. The normalized spacial score (nSPS) is 17.7. The third kappa shape index (κ3) is 2.67. The predicted octanol–water partition coefficient (Wildman–Crippen LogP) is 2.00. The van der Waals surface area contributed by atoms with Crippen molar-refractivity contribution >= 4 is 5.91 Å². The van der Waals surface area contributed by atoms with E-state index in [0.29, 0.717) is 12.8 Å². The maximum atomic E-state index is 13.3. The van der Waals surface area contributed by atoms with Crippen molar-refractivity contribution in [1.29, 1.82) is 0 Å². The molecule has 0 heterocycles. The van der Waals surface area contributed by atoms with E-state index in [1.807, 2.05) is 0 Å². The molecule has 1 saturated carbocycles. The number of amides is 1. The zero-order chi connectivity index (χ0) is 13.2. The lowest BCUT2D eigenvalue weighted by molar-refractivity contribution is 0.0447. The molecule has 0 spiro atoms. The van der Waals surface area contributed by atoms with Gasteiger partial charge in [-0.3, -0.25) is 4.79 Å². The number of hydrogen-bond acceptors (Lipinski definition) is 2. The van der Waals surface area contributed by atoms with Crippen molar-refractivity contribution in [1.82, 2.24) is 5.32 Å². The first-order valence-electron chi connectivity index (χ1n) is 5.96. The van der Waals surface area contributed by atoms with Crippen molar-refractivity contribution in [2.75, 3.05) is 6.54 Å². The van der Waals surface area contributed by atoms with Gasteiger partial charge in [-0.05, 0) is 25.0 Å². The molecule has 1 aliphatic rings. The summed E-state index contributed by atoms with van der Waals surface area (Å²) in [4.78, 5) is 11.7. The van der Waals surface area contributed by atoms with E-state index in [2.05, 4.69) is 5.32 Å². The zero-order valence-corrected chi connectivity index (χ0v) is 9.88. The van der Waals surface area contributed by atoms with Crippen LogP contribution in [0.25, 0.3) is 0 Å². The van der Waals surface area contributed by atoms with Crippen LogP contribution in [-0.2, 0) is 0 Å². The second kappa shape index (κ2) is 5.02. The van der Waals surface area contributed by atoms with Crippen LogP contribution >= 0.6 is 0 Å². The molecule has 0 unspecified atom stereocenters. The van der Waals surface area contributed by atoms with Crippen LogP contribution < -0.4 is 5.32 Å². The Hall–Kier alpha value is -1.49. The van der Waals surface area contributed by atoms with Crippen LogP contribution in [-0.4, -0.2) is 23.2 Å². The average Bonchev–Trinajstić information content (AvgIpc) is 2.74. The number of benzene rings is 1. The highest BCUT2D eigenvalue weighted by atomic mass is 19.1. The maximum Gasteiger partial charge on any atom is 0.257 e. The van der Waals surface area contributed by atoms with Gasteiger partial charge in [0.2, 0.25) is 0 Å². The minimum Gasteiger partial charge on any atom is -0.388 e. The predicted molar refractivity (Wildman–Crippen MR) is 62.1 cm³/mol. The van der Waals surface area contributed by atoms with E-state index in [0.717, 1.165) is 25.0 Å². The Morgan fingerprint density at radius 2 is 1.83 bits per heavy atom. The zero-order valence-electron chi connectivity index (χ0n) is 9.88. The van der Waals surface area contributed by atoms with Crippen LogP contribution in [0, 0.1) is 11.6 Å². The molecule has 1 aromatic carbocycles. The molecular formula is C13H15F2NO2. The Kier molecular flexibility index (Phi) is 3.61. The van der Waals surface area contributed by atoms with Crippen LogP contribution in [0.3, 0.4) is 0 Å². The number of halogens is 2. The smallest absolute Gasteiger partial charge is 0.257 e. The summed E-state index contributed by atoms with van der Waals surface area (Å²) >= 11 is 0. The quantitative estimate of drug-likeness (QED) is 0.868. The molecule has 0 bridgehead atoms. The first kappa shape index (κ1) is 13.0. The minimum absolute atomic E-state index is 0.0274. The Morgan fingerprint density at radius 3 is 2.39 bits per heavy atom. The summed E-state index contributed by atoms with van der Waals surface area (Å²) in [5, 5.41) is 12.4. The maximum absolute atomic E-state index is 13.3. The lowest BCUT2D eigenvalue weighted by atomic mass is 10.0. The van der Waals surface area contributed by atoms with Crippen molar-refractivity contribution in [2.45, 2.75) is 31.3 Å². The Bertz CT molecular complexity index is 436. The lowest BCUT2D eigenvalue weighted by Gasteiger charge is -2.22. The molecule has 2 rings (SSSR count). The second-order valence-electron chi connectivity index (χ2n) is 4.71. The third-order valence-corrected chi connectivity index (χ3v) is 3.30. The molecule has 1 amide bonds. The Labute approximate surface area is 104 Å². The molecule has 1 fully saturated rings. The highest BCUT2D eigenvalue weighted by molar-refractivity contribution is 5.94. The molecule has 0 saturated heterocycles. The number of hydrogen-bond donors (Lipinski definition) is 2. The molecule has 0 atom stereocenters. The number of carbonyl (C=O) groups is 1. The summed E-state index contributed by atoms with van der Waals surface area (Å²) in [6.45, 7) is 0.0274. The van der Waals surface area contributed by atoms with Gasteiger partial charge >= 0.3 is 0 Å². The molecule has 98 valence electrons. The largest absolute Gasteiger partial charge is 0.388 e. The molecule has 3 nitrogen and oxygen atoms in total. The van der Waals surface area contributed by atoms with E-state index in [4.69, 9.17) is 0 Å². The molecule has 1 aromatic rings. The number of nitrogens with one attached hydrogen (secondary N) is 1.